The Morgan fingerprint density at radius 1 is 1.22 bits per heavy atom. The van der Waals surface area contributed by atoms with Crippen molar-refractivity contribution in [3.63, 3.8) is 0 Å². The van der Waals surface area contributed by atoms with Crippen LogP contribution in [0.4, 0.5) is 0 Å². The highest BCUT2D eigenvalue weighted by atomic mass is 16.5. The quantitative estimate of drug-likeness (QED) is 0.729. The summed E-state index contributed by atoms with van der Waals surface area (Å²) in [6.45, 7) is 3.44. The first kappa shape index (κ1) is 15.5. The highest BCUT2D eigenvalue weighted by molar-refractivity contribution is 5.72. The number of ether oxygens (including phenoxy) is 1. The molecule has 3 rings (SSSR count). The molecule has 0 saturated carbocycles. The van der Waals surface area contributed by atoms with Crippen molar-refractivity contribution >= 4 is 11.2 Å². The standard InChI is InChI=1S/C18H21N3O2/c1-14-12-16-18(19-13-14)21(9-5-10-22)17(20-16)8-11-23-15-6-3-2-4-7-15/h2-4,6-7,12-13,22H,5,8-11H2,1H3. The lowest BCUT2D eigenvalue weighted by Crippen LogP contribution is -2.10. The molecule has 3 aromatic rings. The number of rotatable bonds is 7. The molecule has 0 radical (unpaired) electrons. The average Bonchev–Trinajstić information content (AvgIpc) is 2.90. The van der Waals surface area contributed by atoms with Crippen molar-refractivity contribution in [3.05, 3.63) is 54.0 Å². The lowest BCUT2D eigenvalue weighted by Gasteiger charge is -2.09. The van der Waals surface area contributed by atoms with E-state index in [2.05, 4.69) is 9.55 Å². The largest absolute Gasteiger partial charge is 0.493 e. The highest BCUT2D eigenvalue weighted by Crippen LogP contribution is 2.17. The predicted molar refractivity (Wildman–Crippen MR) is 89.6 cm³/mol. The molecule has 0 spiro atoms. The minimum atomic E-state index is 0.158. The van der Waals surface area contributed by atoms with Gasteiger partial charge in [0.15, 0.2) is 5.65 Å². The number of aliphatic hydroxyl groups excluding tert-OH is 1. The molecular weight excluding hydrogens is 290 g/mol. The van der Waals surface area contributed by atoms with Gasteiger partial charge >= 0.3 is 0 Å². The van der Waals surface area contributed by atoms with Gasteiger partial charge in [0.2, 0.25) is 0 Å². The van der Waals surface area contributed by atoms with Gasteiger partial charge in [-0.25, -0.2) is 9.97 Å². The molecule has 2 heterocycles. The summed E-state index contributed by atoms with van der Waals surface area (Å²) in [6.07, 6.45) is 3.24. The van der Waals surface area contributed by atoms with E-state index in [4.69, 9.17) is 14.8 Å². The third-order valence-corrected chi connectivity index (χ3v) is 3.68. The number of nitrogens with zero attached hydrogens (tertiary/aromatic N) is 3. The summed E-state index contributed by atoms with van der Waals surface area (Å²) in [5.41, 5.74) is 2.87. The molecule has 0 bridgehead atoms. The molecule has 0 aliphatic rings. The third kappa shape index (κ3) is 3.68. The number of hydrogen-bond donors (Lipinski definition) is 1. The normalized spacial score (nSPS) is 11.0. The van der Waals surface area contributed by atoms with Crippen molar-refractivity contribution < 1.29 is 9.84 Å². The van der Waals surface area contributed by atoms with Gasteiger partial charge in [-0.2, -0.15) is 0 Å². The number of pyridine rings is 1. The summed E-state index contributed by atoms with van der Waals surface area (Å²) in [4.78, 5) is 9.19. The van der Waals surface area contributed by atoms with Crippen LogP contribution < -0.4 is 4.74 Å². The first-order valence-corrected chi connectivity index (χ1v) is 7.88. The summed E-state index contributed by atoms with van der Waals surface area (Å²) < 4.78 is 7.85. The number of aliphatic hydroxyl groups is 1. The number of aryl methyl sites for hydroxylation is 2. The summed E-state index contributed by atoms with van der Waals surface area (Å²) >= 11 is 0. The molecule has 0 unspecified atom stereocenters. The molecule has 1 N–H and O–H groups in total. The molecule has 0 fully saturated rings. The first-order valence-electron chi connectivity index (χ1n) is 7.88. The minimum Gasteiger partial charge on any atom is -0.493 e. The molecule has 120 valence electrons. The van der Waals surface area contributed by atoms with Crippen molar-refractivity contribution in [3.8, 4) is 5.75 Å². The summed E-state index contributed by atoms with van der Waals surface area (Å²) in [5.74, 6) is 1.81. The SMILES string of the molecule is Cc1cnc2c(c1)nc(CCOc1ccccc1)n2CCCO. The van der Waals surface area contributed by atoms with Crippen LogP contribution >= 0.6 is 0 Å². The van der Waals surface area contributed by atoms with Crippen LogP contribution in [-0.4, -0.2) is 32.9 Å². The summed E-state index contributed by atoms with van der Waals surface area (Å²) in [6, 6.07) is 11.8. The van der Waals surface area contributed by atoms with Crippen LogP contribution in [-0.2, 0) is 13.0 Å². The Hall–Kier alpha value is -2.40. The van der Waals surface area contributed by atoms with Gasteiger partial charge in [-0.05, 0) is 37.1 Å². The van der Waals surface area contributed by atoms with Gasteiger partial charge in [0.1, 0.15) is 17.1 Å². The second-order valence-corrected chi connectivity index (χ2v) is 5.52. The van der Waals surface area contributed by atoms with Crippen LogP contribution in [0.3, 0.4) is 0 Å². The smallest absolute Gasteiger partial charge is 0.160 e. The number of para-hydroxylation sites is 1. The molecular formula is C18H21N3O2. The maximum Gasteiger partial charge on any atom is 0.160 e. The second-order valence-electron chi connectivity index (χ2n) is 5.52. The zero-order valence-electron chi connectivity index (χ0n) is 13.3. The van der Waals surface area contributed by atoms with Gasteiger partial charge in [-0.15, -0.1) is 0 Å². The van der Waals surface area contributed by atoms with Crippen molar-refractivity contribution in [1.29, 1.82) is 0 Å². The molecule has 0 amide bonds. The number of benzene rings is 1. The molecule has 1 aromatic carbocycles. The van der Waals surface area contributed by atoms with E-state index in [9.17, 15) is 0 Å². The Kier molecular flexibility index (Phi) is 4.88. The van der Waals surface area contributed by atoms with E-state index in [0.717, 1.165) is 28.3 Å². The highest BCUT2D eigenvalue weighted by Gasteiger charge is 2.12. The van der Waals surface area contributed by atoms with Crippen LogP contribution in [0, 0.1) is 6.92 Å². The zero-order valence-corrected chi connectivity index (χ0v) is 13.3. The maximum atomic E-state index is 9.12. The number of hydrogen-bond acceptors (Lipinski definition) is 4. The van der Waals surface area contributed by atoms with Crippen molar-refractivity contribution in [2.45, 2.75) is 26.3 Å². The Morgan fingerprint density at radius 3 is 2.83 bits per heavy atom. The maximum absolute atomic E-state index is 9.12. The van der Waals surface area contributed by atoms with Crippen LogP contribution in [0.25, 0.3) is 11.2 Å². The Balaban J connectivity index is 1.78. The molecule has 0 saturated heterocycles. The van der Waals surface area contributed by atoms with Crippen LogP contribution in [0.5, 0.6) is 5.75 Å². The van der Waals surface area contributed by atoms with Crippen LogP contribution in [0.1, 0.15) is 17.8 Å². The Bertz CT molecular complexity index is 769. The Morgan fingerprint density at radius 2 is 2.04 bits per heavy atom. The van der Waals surface area contributed by atoms with Gasteiger partial charge in [-0.1, -0.05) is 18.2 Å². The van der Waals surface area contributed by atoms with E-state index >= 15 is 0 Å². The number of fused-ring (bicyclic) bond motifs is 1. The fraction of sp³-hybridized carbons (Fsp3) is 0.333. The van der Waals surface area contributed by atoms with Gasteiger partial charge < -0.3 is 14.4 Å². The van der Waals surface area contributed by atoms with Gasteiger partial charge in [0, 0.05) is 25.8 Å². The zero-order chi connectivity index (χ0) is 16.1. The van der Waals surface area contributed by atoms with Crippen molar-refractivity contribution in [2.75, 3.05) is 13.2 Å². The van der Waals surface area contributed by atoms with Gasteiger partial charge in [0.25, 0.3) is 0 Å². The number of imidazole rings is 1. The van der Waals surface area contributed by atoms with E-state index in [1.54, 1.807) is 0 Å². The molecule has 0 atom stereocenters. The monoisotopic (exact) mass is 311 g/mol. The van der Waals surface area contributed by atoms with Gasteiger partial charge in [0.05, 0.1) is 6.61 Å². The number of aromatic nitrogens is 3. The molecule has 5 nitrogen and oxygen atoms in total. The third-order valence-electron chi connectivity index (χ3n) is 3.68. The van der Waals surface area contributed by atoms with Gasteiger partial charge in [-0.3, -0.25) is 0 Å². The topological polar surface area (TPSA) is 60.2 Å². The van der Waals surface area contributed by atoms with Crippen LogP contribution in [0.15, 0.2) is 42.6 Å². The van der Waals surface area contributed by atoms with Crippen molar-refractivity contribution in [1.82, 2.24) is 14.5 Å². The lowest BCUT2D eigenvalue weighted by atomic mass is 10.3. The fourth-order valence-electron chi connectivity index (χ4n) is 2.59. The minimum absolute atomic E-state index is 0.158. The lowest BCUT2D eigenvalue weighted by molar-refractivity contribution is 0.278. The van der Waals surface area contributed by atoms with Crippen LogP contribution in [0.2, 0.25) is 0 Å². The molecule has 5 heteroatoms. The van der Waals surface area contributed by atoms with E-state index < -0.39 is 0 Å². The molecule has 23 heavy (non-hydrogen) atoms. The van der Waals surface area contributed by atoms with E-state index in [1.165, 1.54) is 0 Å². The average molecular weight is 311 g/mol. The molecule has 0 aliphatic heterocycles. The van der Waals surface area contributed by atoms with E-state index in [-0.39, 0.29) is 6.61 Å². The first-order chi connectivity index (χ1) is 11.3. The van der Waals surface area contributed by atoms with E-state index in [1.807, 2.05) is 49.5 Å². The predicted octanol–water partition coefficient (Wildman–Crippen LogP) is 2.74. The second kappa shape index (κ2) is 7.24. The summed E-state index contributed by atoms with van der Waals surface area (Å²) in [7, 11) is 0. The molecule has 2 aromatic heterocycles. The van der Waals surface area contributed by atoms with E-state index in [0.29, 0.717) is 26.0 Å². The molecule has 0 aliphatic carbocycles. The van der Waals surface area contributed by atoms with Crippen molar-refractivity contribution in [2.24, 2.45) is 0 Å². The summed E-state index contributed by atoms with van der Waals surface area (Å²) in [5, 5.41) is 9.12. The fourth-order valence-corrected chi connectivity index (χ4v) is 2.59. The Labute approximate surface area is 135 Å².